The first-order valence-electron chi connectivity index (χ1n) is 5.15. The van der Waals surface area contributed by atoms with Gasteiger partial charge in [-0.2, -0.15) is 0 Å². The van der Waals surface area contributed by atoms with Crippen molar-refractivity contribution in [2.45, 2.75) is 51.7 Å². The van der Waals surface area contributed by atoms with Crippen molar-refractivity contribution >= 4 is 0 Å². The SMILES string of the molecule is CCCC(O)COC(CO)CCC. The van der Waals surface area contributed by atoms with Crippen LogP contribution in [0, 0.1) is 0 Å². The topological polar surface area (TPSA) is 49.7 Å². The third-order valence-electron chi connectivity index (χ3n) is 1.96. The van der Waals surface area contributed by atoms with Crippen molar-refractivity contribution in [2.75, 3.05) is 13.2 Å². The van der Waals surface area contributed by atoms with Crippen LogP contribution < -0.4 is 0 Å². The highest BCUT2D eigenvalue weighted by Crippen LogP contribution is 2.04. The van der Waals surface area contributed by atoms with Crippen LogP contribution in [0.25, 0.3) is 0 Å². The van der Waals surface area contributed by atoms with Crippen LogP contribution in [0.1, 0.15) is 39.5 Å². The Balaban J connectivity index is 3.46. The van der Waals surface area contributed by atoms with Crippen LogP contribution >= 0.6 is 0 Å². The van der Waals surface area contributed by atoms with Gasteiger partial charge in [-0.25, -0.2) is 0 Å². The molecule has 13 heavy (non-hydrogen) atoms. The van der Waals surface area contributed by atoms with Crippen molar-refractivity contribution in [3.8, 4) is 0 Å². The Morgan fingerprint density at radius 3 is 2.23 bits per heavy atom. The average molecular weight is 190 g/mol. The number of hydrogen-bond acceptors (Lipinski definition) is 3. The fourth-order valence-electron chi connectivity index (χ4n) is 1.21. The second-order valence-electron chi connectivity index (χ2n) is 3.37. The molecule has 0 heterocycles. The molecule has 3 nitrogen and oxygen atoms in total. The number of hydrogen-bond donors (Lipinski definition) is 2. The van der Waals surface area contributed by atoms with Gasteiger partial charge in [-0.05, 0) is 12.8 Å². The number of aliphatic hydroxyl groups excluding tert-OH is 2. The van der Waals surface area contributed by atoms with E-state index in [2.05, 4.69) is 6.92 Å². The van der Waals surface area contributed by atoms with E-state index in [0.29, 0.717) is 6.61 Å². The maximum atomic E-state index is 9.36. The Morgan fingerprint density at radius 1 is 1.15 bits per heavy atom. The summed E-state index contributed by atoms with van der Waals surface area (Å²) in [6.07, 6.45) is 3.10. The third-order valence-corrected chi connectivity index (χ3v) is 1.96. The predicted molar refractivity (Wildman–Crippen MR) is 52.6 cm³/mol. The molecule has 0 aliphatic rings. The molecular weight excluding hydrogens is 168 g/mol. The first-order valence-corrected chi connectivity index (χ1v) is 5.15. The zero-order valence-corrected chi connectivity index (χ0v) is 8.70. The minimum Gasteiger partial charge on any atom is -0.394 e. The minimum absolute atomic E-state index is 0.0483. The molecule has 0 saturated heterocycles. The first kappa shape index (κ1) is 12.9. The van der Waals surface area contributed by atoms with Crippen LogP contribution in [0.2, 0.25) is 0 Å². The molecule has 0 spiro atoms. The summed E-state index contributed by atoms with van der Waals surface area (Å²) in [5.41, 5.74) is 0. The van der Waals surface area contributed by atoms with E-state index >= 15 is 0 Å². The summed E-state index contributed by atoms with van der Waals surface area (Å²) in [5.74, 6) is 0. The Morgan fingerprint density at radius 2 is 1.77 bits per heavy atom. The van der Waals surface area contributed by atoms with E-state index in [1.165, 1.54) is 0 Å². The second kappa shape index (κ2) is 8.48. The Kier molecular flexibility index (Phi) is 8.40. The molecule has 0 radical (unpaired) electrons. The van der Waals surface area contributed by atoms with Crippen molar-refractivity contribution in [1.82, 2.24) is 0 Å². The van der Waals surface area contributed by atoms with Crippen molar-refractivity contribution < 1.29 is 14.9 Å². The fourth-order valence-corrected chi connectivity index (χ4v) is 1.21. The van der Waals surface area contributed by atoms with Crippen LogP contribution in [0.5, 0.6) is 0 Å². The van der Waals surface area contributed by atoms with E-state index in [0.717, 1.165) is 25.7 Å². The zero-order chi connectivity index (χ0) is 10.1. The lowest BCUT2D eigenvalue weighted by molar-refractivity contribution is -0.0371. The van der Waals surface area contributed by atoms with Gasteiger partial charge in [0.05, 0.1) is 25.4 Å². The number of ether oxygens (including phenoxy) is 1. The van der Waals surface area contributed by atoms with E-state index in [1.807, 2.05) is 6.92 Å². The van der Waals surface area contributed by atoms with E-state index < -0.39 is 0 Å². The summed E-state index contributed by atoms with van der Waals surface area (Å²) in [5, 5.41) is 18.2. The van der Waals surface area contributed by atoms with Gasteiger partial charge < -0.3 is 14.9 Å². The van der Waals surface area contributed by atoms with Gasteiger partial charge in [-0.3, -0.25) is 0 Å². The quantitative estimate of drug-likeness (QED) is 0.607. The van der Waals surface area contributed by atoms with E-state index in [9.17, 15) is 5.11 Å². The van der Waals surface area contributed by atoms with E-state index in [4.69, 9.17) is 9.84 Å². The van der Waals surface area contributed by atoms with Crippen molar-refractivity contribution in [3.63, 3.8) is 0 Å². The smallest absolute Gasteiger partial charge is 0.0807 e. The van der Waals surface area contributed by atoms with Gasteiger partial charge in [0.1, 0.15) is 0 Å². The van der Waals surface area contributed by atoms with Gasteiger partial charge in [-0.1, -0.05) is 26.7 Å². The molecule has 0 amide bonds. The normalized spacial score (nSPS) is 15.7. The molecule has 80 valence electrons. The van der Waals surface area contributed by atoms with Crippen LogP contribution in [0.4, 0.5) is 0 Å². The van der Waals surface area contributed by atoms with E-state index in [1.54, 1.807) is 0 Å². The van der Waals surface area contributed by atoms with Gasteiger partial charge in [0, 0.05) is 0 Å². The molecule has 0 saturated carbocycles. The van der Waals surface area contributed by atoms with Crippen LogP contribution in [-0.4, -0.2) is 35.6 Å². The van der Waals surface area contributed by atoms with Gasteiger partial charge in [0.15, 0.2) is 0 Å². The summed E-state index contributed by atoms with van der Waals surface area (Å²) in [7, 11) is 0. The van der Waals surface area contributed by atoms with Crippen molar-refractivity contribution in [1.29, 1.82) is 0 Å². The lowest BCUT2D eigenvalue weighted by Crippen LogP contribution is -2.24. The van der Waals surface area contributed by atoms with Gasteiger partial charge >= 0.3 is 0 Å². The lowest BCUT2D eigenvalue weighted by Gasteiger charge is -2.17. The maximum Gasteiger partial charge on any atom is 0.0807 e. The highest BCUT2D eigenvalue weighted by Gasteiger charge is 2.09. The molecule has 0 rings (SSSR count). The summed E-state index contributed by atoms with van der Waals surface area (Å²) in [6, 6.07) is 0. The molecule has 2 N–H and O–H groups in total. The fraction of sp³-hybridized carbons (Fsp3) is 1.00. The number of rotatable bonds is 8. The molecule has 3 heteroatoms. The molecule has 0 aromatic carbocycles. The predicted octanol–water partition coefficient (Wildman–Crippen LogP) is 1.33. The van der Waals surface area contributed by atoms with Crippen LogP contribution in [-0.2, 0) is 4.74 Å². The molecule has 0 fully saturated rings. The van der Waals surface area contributed by atoms with E-state index in [-0.39, 0.29) is 18.8 Å². The molecule has 2 unspecified atom stereocenters. The average Bonchev–Trinajstić information content (AvgIpc) is 2.12. The molecule has 2 atom stereocenters. The maximum absolute atomic E-state index is 9.36. The standard InChI is InChI=1S/C10H22O3/c1-3-5-9(12)8-13-10(7-11)6-4-2/h9-12H,3-8H2,1-2H3. The number of aliphatic hydroxyl groups is 2. The molecular formula is C10H22O3. The summed E-state index contributed by atoms with van der Waals surface area (Å²) >= 11 is 0. The molecule has 0 aromatic rings. The molecule has 0 aliphatic heterocycles. The highest BCUT2D eigenvalue weighted by molar-refractivity contribution is 4.58. The van der Waals surface area contributed by atoms with Crippen LogP contribution in [0.15, 0.2) is 0 Å². The van der Waals surface area contributed by atoms with Crippen molar-refractivity contribution in [3.05, 3.63) is 0 Å². The Bertz CT molecular complexity index is 106. The molecule has 0 aromatic heterocycles. The largest absolute Gasteiger partial charge is 0.394 e. The monoisotopic (exact) mass is 190 g/mol. The van der Waals surface area contributed by atoms with Crippen LogP contribution in [0.3, 0.4) is 0 Å². The molecule has 0 aliphatic carbocycles. The summed E-state index contributed by atoms with van der Waals surface area (Å²) in [6.45, 7) is 4.47. The Labute approximate surface area is 80.7 Å². The summed E-state index contributed by atoms with van der Waals surface area (Å²) in [4.78, 5) is 0. The Hall–Kier alpha value is -0.120. The first-order chi connectivity index (χ1) is 6.24. The van der Waals surface area contributed by atoms with Gasteiger partial charge in [0.2, 0.25) is 0 Å². The molecule has 0 bridgehead atoms. The van der Waals surface area contributed by atoms with Gasteiger partial charge in [-0.15, -0.1) is 0 Å². The summed E-state index contributed by atoms with van der Waals surface area (Å²) < 4.78 is 5.35. The highest BCUT2D eigenvalue weighted by atomic mass is 16.5. The third kappa shape index (κ3) is 6.99. The zero-order valence-electron chi connectivity index (χ0n) is 8.70. The minimum atomic E-state index is -0.379. The second-order valence-corrected chi connectivity index (χ2v) is 3.37. The van der Waals surface area contributed by atoms with Gasteiger partial charge in [0.25, 0.3) is 0 Å². The lowest BCUT2D eigenvalue weighted by atomic mass is 10.2. The van der Waals surface area contributed by atoms with Crippen molar-refractivity contribution in [2.24, 2.45) is 0 Å².